The van der Waals surface area contributed by atoms with E-state index in [2.05, 4.69) is 26.0 Å². The second-order valence-corrected chi connectivity index (χ2v) is 8.44. The zero-order valence-electron chi connectivity index (χ0n) is 15.7. The molecular formula is C20H17BrClF3N4O. The number of rotatable bonds is 3. The summed E-state index contributed by atoms with van der Waals surface area (Å²) in [4.78, 5) is 18.6. The number of hydrogen-bond acceptors (Lipinski definition) is 3. The average Bonchev–Trinajstić information content (AvgIpc) is 3.03. The Morgan fingerprint density at radius 2 is 1.80 bits per heavy atom. The molecule has 2 aromatic heterocycles. The van der Waals surface area contributed by atoms with Gasteiger partial charge in [0.2, 0.25) is 5.91 Å². The maximum Gasteiger partial charge on any atom is 0.433 e. The van der Waals surface area contributed by atoms with E-state index in [0.29, 0.717) is 23.2 Å². The number of hydrogen-bond donors (Lipinski definition) is 0. The monoisotopic (exact) mass is 500 g/mol. The van der Waals surface area contributed by atoms with Gasteiger partial charge in [-0.25, -0.2) is 9.50 Å². The van der Waals surface area contributed by atoms with Crippen molar-refractivity contribution in [2.45, 2.75) is 31.9 Å². The van der Waals surface area contributed by atoms with Crippen LogP contribution in [0.3, 0.4) is 0 Å². The van der Waals surface area contributed by atoms with Crippen LogP contribution in [-0.2, 0) is 17.4 Å². The van der Waals surface area contributed by atoms with Crippen molar-refractivity contribution in [1.29, 1.82) is 0 Å². The molecule has 0 spiro atoms. The lowest BCUT2D eigenvalue weighted by Gasteiger charge is -2.26. The first-order valence-electron chi connectivity index (χ1n) is 9.43. The van der Waals surface area contributed by atoms with Crippen LogP contribution in [0.15, 0.2) is 34.8 Å². The Kier molecular flexibility index (Phi) is 5.76. The van der Waals surface area contributed by atoms with Gasteiger partial charge in [-0.15, -0.1) is 0 Å². The molecule has 1 amide bonds. The molecule has 1 fully saturated rings. The molecule has 0 bridgehead atoms. The van der Waals surface area contributed by atoms with Crippen molar-refractivity contribution in [1.82, 2.24) is 19.5 Å². The number of likely N-dealkylation sites (tertiary alicyclic amines) is 1. The van der Waals surface area contributed by atoms with E-state index in [-0.39, 0.29) is 34.4 Å². The summed E-state index contributed by atoms with van der Waals surface area (Å²) < 4.78 is 42.8. The normalized spacial score (nSPS) is 15.0. The molecule has 0 saturated carbocycles. The Hall–Kier alpha value is -2.13. The highest BCUT2D eigenvalue weighted by Gasteiger charge is 2.36. The Bertz CT molecular complexity index is 1090. The van der Waals surface area contributed by atoms with E-state index in [1.54, 1.807) is 29.2 Å². The highest BCUT2D eigenvalue weighted by molar-refractivity contribution is 9.10. The maximum atomic E-state index is 13.8. The van der Waals surface area contributed by atoms with E-state index in [4.69, 9.17) is 11.6 Å². The van der Waals surface area contributed by atoms with Gasteiger partial charge >= 0.3 is 6.18 Å². The number of halogens is 5. The first kappa shape index (κ1) is 21.1. The summed E-state index contributed by atoms with van der Waals surface area (Å²) in [6.07, 6.45) is -1.93. The van der Waals surface area contributed by atoms with Gasteiger partial charge < -0.3 is 4.90 Å². The number of aromatic nitrogens is 3. The molecule has 3 aromatic rings. The Morgan fingerprint density at radius 3 is 2.43 bits per heavy atom. The van der Waals surface area contributed by atoms with Gasteiger partial charge in [0.05, 0.1) is 17.8 Å². The third kappa shape index (κ3) is 4.18. The third-order valence-electron chi connectivity index (χ3n) is 5.06. The molecule has 5 nitrogen and oxygen atoms in total. The number of alkyl halides is 3. The zero-order valence-corrected chi connectivity index (χ0v) is 18.1. The Morgan fingerprint density at radius 1 is 1.13 bits per heavy atom. The van der Waals surface area contributed by atoms with Gasteiger partial charge in [-0.2, -0.15) is 18.3 Å². The lowest BCUT2D eigenvalue weighted by Crippen LogP contribution is -2.36. The van der Waals surface area contributed by atoms with E-state index < -0.39 is 11.9 Å². The van der Waals surface area contributed by atoms with Crippen molar-refractivity contribution in [3.8, 4) is 11.3 Å². The minimum atomic E-state index is -4.67. The fourth-order valence-corrected chi connectivity index (χ4v) is 4.01. The van der Waals surface area contributed by atoms with E-state index in [0.717, 1.165) is 29.8 Å². The van der Waals surface area contributed by atoms with E-state index in [9.17, 15) is 18.0 Å². The van der Waals surface area contributed by atoms with E-state index >= 15 is 0 Å². The largest absolute Gasteiger partial charge is 0.433 e. The predicted octanol–water partition coefficient (Wildman–Crippen LogP) is 5.39. The van der Waals surface area contributed by atoms with Gasteiger partial charge in [-0.1, -0.05) is 39.7 Å². The highest BCUT2D eigenvalue weighted by atomic mass is 79.9. The van der Waals surface area contributed by atoms with Gasteiger partial charge in [0.25, 0.3) is 0 Å². The number of amides is 1. The van der Waals surface area contributed by atoms with Crippen molar-refractivity contribution >= 4 is 39.1 Å². The standard InChI is InChI=1S/C20H17BrClF3N4O/c21-13-6-4-12(5-7-13)14-10-16(20(23,24)25)29-19(26-14)18(22)15(27-29)11-17(30)28-8-2-1-3-9-28/h4-7,10H,1-3,8-9,11H2. The Labute approximate surface area is 184 Å². The fourth-order valence-electron chi connectivity index (χ4n) is 3.52. The van der Waals surface area contributed by atoms with Crippen LogP contribution in [-0.4, -0.2) is 38.5 Å². The van der Waals surface area contributed by atoms with Crippen LogP contribution in [0, 0.1) is 0 Å². The molecule has 0 N–H and O–H groups in total. The summed E-state index contributed by atoms with van der Waals surface area (Å²) in [5, 5.41) is 3.97. The molecule has 1 aromatic carbocycles. The molecule has 1 aliphatic rings. The van der Waals surface area contributed by atoms with Gasteiger partial charge in [0.15, 0.2) is 11.3 Å². The van der Waals surface area contributed by atoms with Crippen molar-refractivity contribution in [2.24, 2.45) is 0 Å². The van der Waals surface area contributed by atoms with Crippen molar-refractivity contribution < 1.29 is 18.0 Å². The van der Waals surface area contributed by atoms with Crippen LogP contribution in [0.2, 0.25) is 5.02 Å². The zero-order chi connectivity index (χ0) is 21.5. The van der Waals surface area contributed by atoms with Crippen LogP contribution in [0.5, 0.6) is 0 Å². The third-order valence-corrected chi connectivity index (χ3v) is 5.97. The fraction of sp³-hybridized carbons (Fsp3) is 0.350. The maximum absolute atomic E-state index is 13.8. The lowest BCUT2D eigenvalue weighted by atomic mass is 10.1. The van der Waals surface area contributed by atoms with Crippen molar-refractivity contribution in [2.75, 3.05) is 13.1 Å². The molecule has 158 valence electrons. The van der Waals surface area contributed by atoms with Gasteiger partial charge in [0.1, 0.15) is 5.02 Å². The van der Waals surface area contributed by atoms with E-state index in [1.807, 2.05) is 0 Å². The molecule has 0 unspecified atom stereocenters. The topological polar surface area (TPSA) is 50.5 Å². The van der Waals surface area contributed by atoms with Gasteiger partial charge in [-0.05, 0) is 37.5 Å². The summed E-state index contributed by atoms with van der Waals surface area (Å²) in [5.74, 6) is -0.193. The molecule has 0 aliphatic carbocycles. The molecule has 1 aliphatic heterocycles. The van der Waals surface area contributed by atoms with Crippen LogP contribution in [0.25, 0.3) is 16.9 Å². The molecule has 0 atom stereocenters. The summed E-state index contributed by atoms with van der Waals surface area (Å²) >= 11 is 9.66. The molecule has 1 saturated heterocycles. The quantitative estimate of drug-likeness (QED) is 0.484. The summed E-state index contributed by atoms with van der Waals surface area (Å²) in [5.41, 5.74) is -0.388. The number of piperidine rings is 1. The molecule has 30 heavy (non-hydrogen) atoms. The highest BCUT2D eigenvalue weighted by Crippen LogP contribution is 2.35. The number of carbonyl (C=O) groups excluding carboxylic acids is 1. The molecular weight excluding hydrogens is 485 g/mol. The average molecular weight is 502 g/mol. The summed E-state index contributed by atoms with van der Waals surface area (Å²) in [6.45, 7) is 1.28. The minimum Gasteiger partial charge on any atom is -0.342 e. The number of benzene rings is 1. The first-order valence-corrected chi connectivity index (χ1v) is 10.6. The SMILES string of the molecule is O=C(Cc1nn2c(C(F)(F)F)cc(-c3ccc(Br)cc3)nc2c1Cl)N1CCCCC1. The predicted molar refractivity (Wildman–Crippen MR) is 110 cm³/mol. The smallest absolute Gasteiger partial charge is 0.342 e. The summed E-state index contributed by atoms with van der Waals surface area (Å²) in [6, 6.07) is 7.70. The molecule has 4 rings (SSSR count). The minimum absolute atomic E-state index is 0.0372. The first-order chi connectivity index (χ1) is 14.2. The molecule has 10 heteroatoms. The van der Waals surface area contributed by atoms with Gasteiger partial charge in [-0.3, -0.25) is 4.79 Å². The van der Waals surface area contributed by atoms with Crippen molar-refractivity contribution in [3.63, 3.8) is 0 Å². The van der Waals surface area contributed by atoms with Crippen molar-refractivity contribution in [3.05, 3.63) is 51.2 Å². The van der Waals surface area contributed by atoms with Crippen LogP contribution < -0.4 is 0 Å². The van der Waals surface area contributed by atoms with E-state index in [1.165, 1.54) is 0 Å². The van der Waals surface area contributed by atoms with Crippen LogP contribution in [0.1, 0.15) is 30.7 Å². The lowest BCUT2D eigenvalue weighted by molar-refractivity contribution is -0.142. The van der Waals surface area contributed by atoms with Crippen LogP contribution in [0.4, 0.5) is 13.2 Å². The van der Waals surface area contributed by atoms with Gasteiger partial charge in [0, 0.05) is 23.1 Å². The van der Waals surface area contributed by atoms with Crippen LogP contribution >= 0.6 is 27.5 Å². The molecule has 3 heterocycles. The number of fused-ring (bicyclic) bond motifs is 1. The summed E-state index contributed by atoms with van der Waals surface area (Å²) in [7, 11) is 0. The second kappa shape index (κ2) is 8.19. The number of carbonyl (C=O) groups is 1. The molecule has 0 radical (unpaired) electrons. The number of nitrogens with zero attached hydrogens (tertiary/aromatic N) is 4. The second-order valence-electron chi connectivity index (χ2n) is 7.15. The Balaban J connectivity index is 1.78.